The molecule has 24 heavy (non-hydrogen) atoms. The Morgan fingerprint density at radius 2 is 1.67 bits per heavy atom. The lowest BCUT2D eigenvalue weighted by Crippen LogP contribution is -2.11. The zero-order chi connectivity index (χ0) is 16.9. The van der Waals surface area contributed by atoms with Crippen molar-refractivity contribution in [1.29, 1.82) is 0 Å². The molecule has 0 amide bonds. The predicted octanol–water partition coefficient (Wildman–Crippen LogP) is 3.45. The quantitative estimate of drug-likeness (QED) is 0.513. The lowest BCUT2D eigenvalue weighted by Gasteiger charge is -2.07. The lowest BCUT2D eigenvalue weighted by atomic mass is 10.1. The van der Waals surface area contributed by atoms with E-state index in [4.69, 9.17) is 13.9 Å². The number of fused-ring (bicyclic) bond motifs is 1. The standard InChI is InChI=1S/C19H16O5/c1-2-22-15-7-3-13(4-8-15)17(20)12-23-16-9-5-14-6-10-19(21)24-18(14)11-16/h3-11H,2,12H2,1H3. The second-order valence-corrected chi connectivity index (χ2v) is 5.12. The van der Waals surface area contributed by atoms with Crippen molar-refractivity contribution >= 4 is 16.8 Å². The minimum Gasteiger partial charge on any atom is -0.494 e. The number of hydrogen-bond donors (Lipinski definition) is 0. The largest absolute Gasteiger partial charge is 0.494 e. The van der Waals surface area contributed by atoms with Crippen LogP contribution in [0.3, 0.4) is 0 Å². The van der Waals surface area contributed by atoms with E-state index in [1.54, 1.807) is 48.5 Å². The molecule has 0 N–H and O–H groups in total. The summed E-state index contributed by atoms with van der Waals surface area (Å²) in [7, 11) is 0. The average Bonchev–Trinajstić information content (AvgIpc) is 2.60. The first-order valence-corrected chi connectivity index (χ1v) is 7.58. The Morgan fingerprint density at radius 1 is 0.958 bits per heavy atom. The van der Waals surface area contributed by atoms with Crippen LogP contribution in [0.2, 0.25) is 0 Å². The van der Waals surface area contributed by atoms with Gasteiger partial charge in [-0.15, -0.1) is 0 Å². The van der Waals surface area contributed by atoms with Gasteiger partial charge in [-0.1, -0.05) is 0 Å². The molecule has 0 saturated heterocycles. The first-order valence-electron chi connectivity index (χ1n) is 7.58. The van der Waals surface area contributed by atoms with Crippen LogP contribution in [0, 0.1) is 0 Å². The van der Waals surface area contributed by atoms with Gasteiger partial charge in [-0.3, -0.25) is 4.79 Å². The molecule has 122 valence electrons. The van der Waals surface area contributed by atoms with Crippen LogP contribution in [-0.2, 0) is 0 Å². The first-order chi connectivity index (χ1) is 11.7. The molecule has 0 fully saturated rings. The Balaban J connectivity index is 1.68. The van der Waals surface area contributed by atoms with Crippen LogP contribution >= 0.6 is 0 Å². The van der Waals surface area contributed by atoms with E-state index >= 15 is 0 Å². The van der Waals surface area contributed by atoms with Crippen molar-refractivity contribution < 1.29 is 18.7 Å². The van der Waals surface area contributed by atoms with Gasteiger partial charge in [-0.05, 0) is 49.4 Å². The molecule has 0 bridgehead atoms. The van der Waals surface area contributed by atoms with Crippen molar-refractivity contribution in [1.82, 2.24) is 0 Å². The Kier molecular flexibility index (Phi) is 4.61. The highest BCUT2D eigenvalue weighted by atomic mass is 16.5. The summed E-state index contributed by atoms with van der Waals surface area (Å²) in [6, 6.07) is 15.0. The minimum atomic E-state index is -0.426. The summed E-state index contributed by atoms with van der Waals surface area (Å²) in [5, 5.41) is 0.791. The molecule has 0 aliphatic carbocycles. The van der Waals surface area contributed by atoms with Crippen molar-refractivity contribution in [3.05, 3.63) is 70.6 Å². The van der Waals surface area contributed by atoms with Crippen LogP contribution in [0.4, 0.5) is 0 Å². The maximum Gasteiger partial charge on any atom is 0.336 e. The maximum atomic E-state index is 12.2. The minimum absolute atomic E-state index is 0.101. The number of carbonyl (C=O) groups is 1. The maximum absolute atomic E-state index is 12.2. The number of Topliss-reactive ketones (excluding diaryl/α,β-unsaturated/α-hetero) is 1. The highest BCUT2D eigenvalue weighted by molar-refractivity contribution is 5.97. The third-order valence-corrected chi connectivity index (χ3v) is 3.45. The van der Waals surface area contributed by atoms with Crippen molar-refractivity contribution in [2.24, 2.45) is 0 Å². The monoisotopic (exact) mass is 324 g/mol. The van der Waals surface area contributed by atoms with E-state index in [0.717, 1.165) is 11.1 Å². The van der Waals surface area contributed by atoms with Gasteiger partial charge in [-0.25, -0.2) is 4.79 Å². The molecule has 0 saturated carbocycles. The fourth-order valence-corrected chi connectivity index (χ4v) is 2.27. The number of benzene rings is 2. The number of ether oxygens (including phenoxy) is 2. The molecule has 3 aromatic rings. The predicted molar refractivity (Wildman–Crippen MR) is 89.9 cm³/mol. The van der Waals surface area contributed by atoms with Crippen LogP contribution in [0.1, 0.15) is 17.3 Å². The van der Waals surface area contributed by atoms with Crippen molar-refractivity contribution in [2.75, 3.05) is 13.2 Å². The second-order valence-electron chi connectivity index (χ2n) is 5.12. The van der Waals surface area contributed by atoms with E-state index in [1.807, 2.05) is 6.92 Å². The zero-order valence-corrected chi connectivity index (χ0v) is 13.2. The van der Waals surface area contributed by atoms with Gasteiger partial charge in [0, 0.05) is 23.1 Å². The van der Waals surface area contributed by atoms with E-state index < -0.39 is 5.63 Å². The SMILES string of the molecule is CCOc1ccc(C(=O)COc2ccc3ccc(=O)oc3c2)cc1. The molecule has 5 nitrogen and oxygen atoms in total. The third kappa shape index (κ3) is 3.63. The van der Waals surface area contributed by atoms with Gasteiger partial charge < -0.3 is 13.9 Å². The van der Waals surface area contributed by atoms with E-state index in [9.17, 15) is 9.59 Å². The molecule has 0 radical (unpaired) electrons. The van der Waals surface area contributed by atoms with Gasteiger partial charge >= 0.3 is 5.63 Å². The summed E-state index contributed by atoms with van der Waals surface area (Å²) in [6.45, 7) is 2.38. The van der Waals surface area contributed by atoms with Gasteiger partial charge in [-0.2, -0.15) is 0 Å². The Bertz CT molecular complexity index is 909. The molecular formula is C19H16O5. The highest BCUT2D eigenvalue weighted by Crippen LogP contribution is 2.20. The Hall–Kier alpha value is -3.08. The number of carbonyl (C=O) groups excluding carboxylic acids is 1. The molecule has 1 aromatic heterocycles. The number of ketones is 1. The van der Waals surface area contributed by atoms with Crippen LogP contribution in [0.25, 0.3) is 11.0 Å². The summed E-state index contributed by atoms with van der Waals surface area (Å²) >= 11 is 0. The smallest absolute Gasteiger partial charge is 0.336 e. The molecule has 0 unspecified atom stereocenters. The van der Waals surface area contributed by atoms with E-state index in [1.165, 1.54) is 6.07 Å². The Labute approximate surface area is 138 Å². The molecule has 2 aromatic carbocycles. The molecule has 0 spiro atoms. The van der Waals surface area contributed by atoms with Gasteiger partial charge in [0.1, 0.15) is 17.1 Å². The number of rotatable bonds is 6. The summed E-state index contributed by atoms with van der Waals surface area (Å²) < 4.78 is 15.9. The molecule has 0 aliphatic heterocycles. The highest BCUT2D eigenvalue weighted by Gasteiger charge is 2.08. The fourth-order valence-electron chi connectivity index (χ4n) is 2.27. The van der Waals surface area contributed by atoms with E-state index in [2.05, 4.69) is 0 Å². The van der Waals surface area contributed by atoms with E-state index in [-0.39, 0.29) is 12.4 Å². The normalized spacial score (nSPS) is 10.5. The second kappa shape index (κ2) is 7.00. The third-order valence-electron chi connectivity index (χ3n) is 3.45. The lowest BCUT2D eigenvalue weighted by molar-refractivity contribution is 0.0921. The van der Waals surface area contributed by atoms with Gasteiger partial charge in [0.25, 0.3) is 0 Å². The van der Waals surface area contributed by atoms with Gasteiger partial charge in [0.05, 0.1) is 6.61 Å². The first kappa shape index (κ1) is 15.8. The van der Waals surface area contributed by atoms with E-state index in [0.29, 0.717) is 23.5 Å². The molecule has 0 aliphatic rings. The zero-order valence-electron chi connectivity index (χ0n) is 13.2. The Morgan fingerprint density at radius 3 is 2.42 bits per heavy atom. The molecule has 1 heterocycles. The summed E-state index contributed by atoms with van der Waals surface area (Å²) in [4.78, 5) is 23.4. The average molecular weight is 324 g/mol. The van der Waals surface area contributed by atoms with Crippen molar-refractivity contribution in [3.63, 3.8) is 0 Å². The van der Waals surface area contributed by atoms with Crippen molar-refractivity contribution in [3.8, 4) is 11.5 Å². The van der Waals surface area contributed by atoms with Gasteiger partial charge in [0.15, 0.2) is 12.4 Å². The van der Waals surface area contributed by atoms with Gasteiger partial charge in [0.2, 0.25) is 0 Å². The number of hydrogen-bond acceptors (Lipinski definition) is 5. The molecule has 3 rings (SSSR count). The van der Waals surface area contributed by atoms with Crippen LogP contribution < -0.4 is 15.1 Å². The summed E-state index contributed by atoms with van der Waals surface area (Å²) in [6.07, 6.45) is 0. The molecule has 5 heteroatoms. The molecule has 0 atom stereocenters. The van der Waals surface area contributed by atoms with Crippen LogP contribution in [0.15, 0.2) is 63.8 Å². The summed E-state index contributed by atoms with van der Waals surface area (Å²) in [5.41, 5.74) is 0.546. The summed E-state index contributed by atoms with van der Waals surface area (Å²) in [5.74, 6) is 1.04. The van der Waals surface area contributed by atoms with Crippen LogP contribution in [-0.4, -0.2) is 19.0 Å². The van der Waals surface area contributed by atoms with Crippen molar-refractivity contribution in [2.45, 2.75) is 6.92 Å². The van der Waals surface area contributed by atoms with Crippen LogP contribution in [0.5, 0.6) is 11.5 Å². The molecular weight excluding hydrogens is 308 g/mol. The topological polar surface area (TPSA) is 65.7 Å². The fraction of sp³-hybridized carbons (Fsp3) is 0.158.